The summed E-state index contributed by atoms with van der Waals surface area (Å²) in [5, 5.41) is 10.7. The monoisotopic (exact) mass is 280 g/mol. The first kappa shape index (κ1) is 15.9. The van der Waals surface area contributed by atoms with Crippen LogP contribution in [0.2, 0.25) is 0 Å². The van der Waals surface area contributed by atoms with Crippen molar-refractivity contribution in [1.82, 2.24) is 0 Å². The number of hydrogen-bond donors (Lipinski definition) is 0. The Morgan fingerprint density at radius 3 is 2.65 bits per heavy atom. The SMILES string of the molecule is CCCCCC(=O)N(C)c1ccc([N+](=O)[O-])cc1OC. The molecule has 0 N–H and O–H groups in total. The van der Waals surface area contributed by atoms with Gasteiger partial charge in [-0.1, -0.05) is 19.8 Å². The van der Waals surface area contributed by atoms with Gasteiger partial charge in [0.1, 0.15) is 5.75 Å². The molecule has 0 spiro atoms. The van der Waals surface area contributed by atoms with Crippen LogP contribution in [0.15, 0.2) is 18.2 Å². The minimum atomic E-state index is -0.491. The van der Waals surface area contributed by atoms with Crippen molar-refractivity contribution in [2.45, 2.75) is 32.6 Å². The van der Waals surface area contributed by atoms with Crippen molar-refractivity contribution in [3.8, 4) is 5.75 Å². The van der Waals surface area contributed by atoms with E-state index >= 15 is 0 Å². The average molecular weight is 280 g/mol. The summed E-state index contributed by atoms with van der Waals surface area (Å²) in [5.41, 5.74) is 0.483. The number of anilines is 1. The highest BCUT2D eigenvalue weighted by Crippen LogP contribution is 2.31. The Morgan fingerprint density at radius 1 is 1.40 bits per heavy atom. The van der Waals surface area contributed by atoms with E-state index in [2.05, 4.69) is 6.92 Å². The van der Waals surface area contributed by atoms with Crippen LogP contribution >= 0.6 is 0 Å². The van der Waals surface area contributed by atoms with Gasteiger partial charge in [0, 0.05) is 19.5 Å². The lowest BCUT2D eigenvalue weighted by atomic mass is 10.2. The second kappa shape index (κ2) is 7.47. The number of nitro groups is 1. The van der Waals surface area contributed by atoms with Gasteiger partial charge in [0.05, 0.1) is 23.8 Å². The quantitative estimate of drug-likeness (QED) is 0.437. The van der Waals surface area contributed by atoms with E-state index < -0.39 is 4.92 Å². The Balaban J connectivity index is 2.89. The maximum Gasteiger partial charge on any atom is 0.273 e. The fourth-order valence-electron chi connectivity index (χ4n) is 1.89. The van der Waals surface area contributed by atoms with Crippen LogP contribution in [0.1, 0.15) is 32.6 Å². The minimum absolute atomic E-state index is 0.0226. The Morgan fingerprint density at radius 2 is 2.10 bits per heavy atom. The highest BCUT2D eigenvalue weighted by atomic mass is 16.6. The lowest BCUT2D eigenvalue weighted by Crippen LogP contribution is -2.26. The van der Waals surface area contributed by atoms with Gasteiger partial charge in [0.2, 0.25) is 5.91 Å². The van der Waals surface area contributed by atoms with Crippen LogP contribution in [0.25, 0.3) is 0 Å². The van der Waals surface area contributed by atoms with E-state index in [0.717, 1.165) is 19.3 Å². The second-order valence-electron chi connectivity index (χ2n) is 4.52. The number of nitrogens with zero attached hydrogens (tertiary/aromatic N) is 2. The molecule has 0 aliphatic rings. The van der Waals surface area contributed by atoms with E-state index in [1.54, 1.807) is 7.05 Å². The summed E-state index contributed by atoms with van der Waals surface area (Å²) in [5.74, 6) is 0.302. The summed E-state index contributed by atoms with van der Waals surface area (Å²) in [6.45, 7) is 2.08. The third-order valence-electron chi connectivity index (χ3n) is 3.10. The van der Waals surface area contributed by atoms with Crippen molar-refractivity contribution in [2.24, 2.45) is 0 Å². The maximum atomic E-state index is 12.0. The zero-order valence-electron chi connectivity index (χ0n) is 12.1. The molecule has 0 saturated heterocycles. The largest absolute Gasteiger partial charge is 0.494 e. The van der Waals surface area contributed by atoms with Gasteiger partial charge >= 0.3 is 0 Å². The van der Waals surface area contributed by atoms with Crippen LogP contribution in [0, 0.1) is 10.1 Å². The van der Waals surface area contributed by atoms with Gasteiger partial charge in [0.25, 0.3) is 5.69 Å². The van der Waals surface area contributed by atoms with E-state index in [0.29, 0.717) is 17.9 Å². The zero-order valence-corrected chi connectivity index (χ0v) is 12.1. The van der Waals surface area contributed by atoms with Crippen LogP contribution in [0.3, 0.4) is 0 Å². The topological polar surface area (TPSA) is 72.7 Å². The van der Waals surface area contributed by atoms with Gasteiger partial charge in [-0.15, -0.1) is 0 Å². The van der Waals surface area contributed by atoms with Crippen molar-refractivity contribution in [3.05, 3.63) is 28.3 Å². The summed E-state index contributed by atoms with van der Waals surface area (Å²) in [4.78, 5) is 23.8. The third-order valence-corrected chi connectivity index (χ3v) is 3.10. The van der Waals surface area contributed by atoms with Crippen LogP contribution in [0.5, 0.6) is 5.75 Å². The van der Waals surface area contributed by atoms with E-state index in [9.17, 15) is 14.9 Å². The number of rotatable bonds is 7. The number of nitro benzene ring substituents is 1. The fourth-order valence-corrected chi connectivity index (χ4v) is 1.89. The fraction of sp³-hybridized carbons (Fsp3) is 0.500. The molecule has 1 aromatic carbocycles. The Labute approximate surface area is 118 Å². The Kier molecular flexibility index (Phi) is 5.96. The highest BCUT2D eigenvalue weighted by molar-refractivity contribution is 5.94. The predicted octanol–water partition coefficient (Wildman–Crippen LogP) is 3.15. The normalized spacial score (nSPS) is 10.2. The van der Waals surface area contributed by atoms with E-state index in [1.807, 2.05) is 0 Å². The van der Waals surface area contributed by atoms with Crippen molar-refractivity contribution >= 4 is 17.3 Å². The van der Waals surface area contributed by atoms with E-state index in [1.165, 1.54) is 30.2 Å². The molecule has 1 amide bonds. The third kappa shape index (κ3) is 3.94. The van der Waals surface area contributed by atoms with Crippen molar-refractivity contribution in [3.63, 3.8) is 0 Å². The molecule has 6 heteroatoms. The van der Waals surface area contributed by atoms with Crippen molar-refractivity contribution < 1.29 is 14.5 Å². The summed E-state index contributed by atoms with van der Waals surface area (Å²) in [7, 11) is 3.08. The molecular weight excluding hydrogens is 260 g/mol. The highest BCUT2D eigenvalue weighted by Gasteiger charge is 2.18. The number of ether oxygens (including phenoxy) is 1. The number of methoxy groups -OCH3 is 1. The average Bonchev–Trinajstić information content (AvgIpc) is 2.45. The first-order valence-corrected chi connectivity index (χ1v) is 6.60. The summed E-state index contributed by atoms with van der Waals surface area (Å²) >= 11 is 0. The summed E-state index contributed by atoms with van der Waals surface area (Å²) in [6, 6.07) is 4.23. The number of carbonyl (C=O) groups excluding carboxylic acids is 1. The summed E-state index contributed by atoms with van der Waals surface area (Å²) < 4.78 is 5.13. The molecule has 0 fully saturated rings. The van der Waals surface area contributed by atoms with Crippen LogP contribution in [-0.2, 0) is 4.79 Å². The molecule has 1 aromatic rings. The molecule has 0 aromatic heterocycles. The molecule has 0 radical (unpaired) electrons. The lowest BCUT2D eigenvalue weighted by molar-refractivity contribution is -0.384. The Bertz CT molecular complexity index is 488. The first-order chi connectivity index (χ1) is 9.51. The zero-order chi connectivity index (χ0) is 15.1. The standard InChI is InChI=1S/C14H20N2O4/c1-4-5-6-7-14(17)15(2)12-9-8-11(16(18)19)10-13(12)20-3/h8-10H,4-7H2,1-3H3. The van der Waals surface area contributed by atoms with E-state index in [4.69, 9.17) is 4.74 Å². The molecule has 0 bridgehead atoms. The minimum Gasteiger partial charge on any atom is -0.494 e. The number of unbranched alkanes of at least 4 members (excludes halogenated alkanes) is 2. The molecule has 1 rings (SSSR count). The molecule has 0 atom stereocenters. The van der Waals surface area contributed by atoms with E-state index in [-0.39, 0.29) is 11.6 Å². The lowest BCUT2D eigenvalue weighted by Gasteiger charge is -2.19. The van der Waals surface area contributed by atoms with Gasteiger partial charge in [-0.25, -0.2) is 0 Å². The van der Waals surface area contributed by atoms with Crippen LogP contribution in [-0.4, -0.2) is 25.0 Å². The molecule has 20 heavy (non-hydrogen) atoms. The molecule has 0 heterocycles. The molecule has 0 aliphatic heterocycles. The van der Waals surface area contributed by atoms with Crippen molar-refractivity contribution in [1.29, 1.82) is 0 Å². The number of hydrogen-bond acceptors (Lipinski definition) is 4. The maximum absolute atomic E-state index is 12.0. The number of carbonyl (C=O) groups is 1. The molecule has 6 nitrogen and oxygen atoms in total. The second-order valence-corrected chi connectivity index (χ2v) is 4.52. The van der Waals surface area contributed by atoms with Crippen LogP contribution < -0.4 is 9.64 Å². The predicted molar refractivity (Wildman–Crippen MR) is 77.2 cm³/mol. The Hall–Kier alpha value is -2.11. The van der Waals surface area contributed by atoms with Crippen LogP contribution in [0.4, 0.5) is 11.4 Å². The van der Waals surface area contributed by atoms with Gasteiger partial charge in [0.15, 0.2) is 0 Å². The van der Waals surface area contributed by atoms with Gasteiger partial charge in [-0.2, -0.15) is 0 Å². The summed E-state index contributed by atoms with van der Waals surface area (Å²) in [6.07, 6.45) is 3.37. The van der Waals surface area contributed by atoms with Gasteiger partial charge in [-0.05, 0) is 12.5 Å². The molecular formula is C14H20N2O4. The van der Waals surface area contributed by atoms with Gasteiger partial charge in [-0.3, -0.25) is 14.9 Å². The number of amides is 1. The molecule has 110 valence electrons. The van der Waals surface area contributed by atoms with Crippen molar-refractivity contribution in [2.75, 3.05) is 19.1 Å². The molecule has 0 aliphatic carbocycles. The number of non-ortho nitro benzene ring substituents is 1. The van der Waals surface area contributed by atoms with Gasteiger partial charge < -0.3 is 9.64 Å². The number of benzene rings is 1. The molecule has 0 saturated carbocycles. The molecule has 0 unspecified atom stereocenters. The smallest absolute Gasteiger partial charge is 0.273 e. The first-order valence-electron chi connectivity index (χ1n) is 6.60.